The van der Waals surface area contributed by atoms with Gasteiger partial charge in [0.15, 0.2) is 11.6 Å². The third-order valence-corrected chi connectivity index (χ3v) is 3.02. The van der Waals surface area contributed by atoms with Gasteiger partial charge in [-0.25, -0.2) is 9.97 Å². The maximum Gasteiger partial charge on any atom is 0.180 e. The number of aromatic nitrogens is 3. The molecule has 0 fully saturated rings. The Bertz CT molecular complexity index is 752. The summed E-state index contributed by atoms with van der Waals surface area (Å²) in [6.45, 7) is 2.12. The van der Waals surface area contributed by atoms with Crippen LogP contribution >= 0.6 is 0 Å². The normalized spacial score (nSPS) is 10.7. The molecule has 3 rings (SSSR count). The third-order valence-electron chi connectivity index (χ3n) is 3.02. The standard InChI is InChI=1S/C15H14N4O/c1-10-18-8-14(15(16)19-10)20-9-13-12-5-3-2-4-11(12)6-7-17-13/h2-8H,9H2,1H3,(H2,16,18,19). The fourth-order valence-electron chi connectivity index (χ4n) is 2.03. The number of fused-ring (bicyclic) bond motifs is 1. The van der Waals surface area contributed by atoms with Gasteiger partial charge >= 0.3 is 0 Å². The van der Waals surface area contributed by atoms with Crippen LogP contribution in [-0.4, -0.2) is 15.0 Å². The van der Waals surface area contributed by atoms with Crippen molar-refractivity contribution in [2.45, 2.75) is 13.5 Å². The number of aryl methyl sites for hydroxylation is 1. The minimum Gasteiger partial charge on any atom is -0.482 e. The van der Waals surface area contributed by atoms with E-state index < -0.39 is 0 Å². The molecule has 0 amide bonds. The molecule has 0 saturated carbocycles. The average molecular weight is 266 g/mol. The second-order valence-corrected chi connectivity index (χ2v) is 4.43. The van der Waals surface area contributed by atoms with Crippen LogP contribution in [0.15, 0.2) is 42.7 Å². The number of anilines is 1. The largest absolute Gasteiger partial charge is 0.482 e. The van der Waals surface area contributed by atoms with Crippen molar-refractivity contribution in [1.82, 2.24) is 15.0 Å². The molecule has 2 N–H and O–H groups in total. The topological polar surface area (TPSA) is 73.9 Å². The lowest BCUT2D eigenvalue weighted by Crippen LogP contribution is -2.04. The van der Waals surface area contributed by atoms with E-state index in [9.17, 15) is 0 Å². The van der Waals surface area contributed by atoms with E-state index in [1.54, 1.807) is 19.3 Å². The molecule has 20 heavy (non-hydrogen) atoms. The lowest BCUT2D eigenvalue weighted by Gasteiger charge is -2.09. The fourth-order valence-corrected chi connectivity index (χ4v) is 2.03. The summed E-state index contributed by atoms with van der Waals surface area (Å²) in [6.07, 6.45) is 3.36. The minimum atomic E-state index is 0.331. The van der Waals surface area contributed by atoms with E-state index in [-0.39, 0.29) is 0 Å². The molecule has 0 atom stereocenters. The van der Waals surface area contributed by atoms with Crippen LogP contribution in [0.2, 0.25) is 0 Å². The monoisotopic (exact) mass is 266 g/mol. The number of nitrogens with zero attached hydrogens (tertiary/aromatic N) is 3. The predicted octanol–water partition coefficient (Wildman–Crippen LogP) is 2.49. The zero-order valence-corrected chi connectivity index (χ0v) is 11.1. The number of hydrogen-bond acceptors (Lipinski definition) is 5. The van der Waals surface area contributed by atoms with Crippen molar-refractivity contribution < 1.29 is 4.74 Å². The van der Waals surface area contributed by atoms with Crippen molar-refractivity contribution in [1.29, 1.82) is 0 Å². The molecule has 0 saturated heterocycles. The first-order valence-electron chi connectivity index (χ1n) is 6.28. The summed E-state index contributed by atoms with van der Waals surface area (Å²) >= 11 is 0. The van der Waals surface area contributed by atoms with Gasteiger partial charge in [0.05, 0.1) is 11.9 Å². The molecule has 0 spiro atoms. The third kappa shape index (κ3) is 2.38. The highest BCUT2D eigenvalue weighted by molar-refractivity contribution is 5.84. The second kappa shape index (κ2) is 5.13. The van der Waals surface area contributed by atoms with E-state index in [4.69, 9.17) is 10.5 Å². The Morgan fingerprint density at radius 1 is 1.15 bits per heavy atom. The first-order valence-corrected chi connectivity index (χ1v) is 6.28. The maximum absolute atomic E-state index is 5.80. The van der Waals surface area contributed by atoms with Crippen LogP contribution in [0.4, 0.5) is 5.82 Å². The summed E-state index contributed by atoms with van der Waals surface area (Å²) in [5.41, 5.74) is 6.67. The van der Waals surface area contributed by atoms with Crippen molar-refractivity contribution in [3.05, 3.63) is 54.2 Å². The highest BCUT2D eigenvalue weighted by Gasteiger charge is 2.06. The van der Waals surface area contributed by atoms with Gasteiger partial charge in [-0.15, -0.1) is 0 Å². The van der Waals surface area contributed by atoms with Gasteiger partial charge in [-0.2, -0.15) is 0 Å². The molecule has 2 aromatic heterocycles. The summed E-state index contributed by atoms with van der Waals surface area (Å²) in [4.78, 5) is 12.5. The van der Waals surface area contributed by atoms with E-state index in [2.05, 4.69) is 15.0 Å². The number of benzene rings is 1. The highest BCUT2D eigenvalue weighted by atomic mass is 16.5. The van der Waals surface area contributed by atoms with Crippen molar-refractivity contribution in [3.8, 4) is 5.75 Å². The molecule has 1 aromatic carbocycles. The summed E-state index contributed by atoms with van der Waals surface area (Å²) in [5, 5.41) is 2.20. The van der Waals surface area contributed by atoms with Gasteiger partial charge in [0.1, 0.15) is 12.4 Å². The number of nitrogens with two attached hydrogens (primary N) is 1. The lowest BCUT2D eigenvalue weighted by molar-refractivity contribution is 0.302. The quantitative estimate of drug-likeness (QED) is 0.788. The molecule has 0 aliphatic heterocycles. The van der Waals surface area contributed by atoms with Crippen LogP contribution in [0.5, 0.6) is 5.75 Å². The van der Waals surface area contributed by atoms with Crippen LogP contribution in [0, 0.1) is 6.92 Å². The van der Waals surface area contributed by atoms with Gasteiger partial charge < -0.3 is 10.5 Å². The van der Waals surface area contributed by atoms with Gasteiger partial charge in [0.2, 0.25) is 0 Å². The van der Waals surface area contributed by atoms with Crippen molar-refractivity contribution in [2.75, 3.05) is 5.73 Å². The average Bonchev–Trinajstić information content (AvgIpc) is 2.46. The second-order valence-electron chi connectivity index (χ2n) is 4.43. The zero-order chi connectivity index (χ0) is 13.9. The molecule has 0 unspecified atom stereocenters. The lowest BCUT2D eigenvalue weighted by atomic mass is 10.1. The molecular weight excluding hydrogens is 252 g/mol. The first kappa shape index (κ1) is 12.3. The number of ether oxygens (including phenoxy) is 1. The van der Waals surface area contributed by atoms with Crippen molar-refractivity contribution >= 4 is 16.6 Å². The minimum absolute atomic E-state index is 0.331. The molecule has 0 bridgehead atoms. The van der Waals surface area contributed by atoms with Crippen LogP contribution in [-0.2, 0) is 6.61 Å². The Balaban J connectivity index is 1.87. The Morgan fingerprint density at radius 2 is 2.00 bits per heavy atom. The molecule has 5 nitrogen and oxygen atoms in total. The summed E-state index contributed by atoms with van der Waals surface area (Å²) in [7, 11) is 0. The molecule has 0 radical (unpaired) electrons. The van der Waals surface area contributed by atoms with Gasteiger partial charge in [-0.3, -0.25) is 4.98 Å². The van der Waals surface area contributed by atoms with Crippen molar-refractivity contribution in [2.24, 2.45) is 0 Å². The molecule has 2 heterocycles. The number of hydrogen-bond donors (Lipinski definition) is 1. The van der Waals surface area contributed by atoms with Crippen LogP contribution in [0.3, 0.4) is 0 Å². The molecule has 100 valence electrons. The highest BCUT2D eigenvalue weighted by Crippen LogP contribution is 2.21. The predicted molar refractivity (Wildman–Crippen MR) is 77.3 cm³/mol. The van der Waals surface area contributed by atoms with E-state index >= 15 is 0 Å². The Kier molecular flexibility index (Phi) is 3.16. The van der Waals surface area contributed by atoms with Crippen LogP contribution in [0.1, 0.15) is 11.5 Å². The number of nitrogen functional groups attached to an aromatic ring is 1. The van der Waals surface area contributed by atoms with E-state index in [0.717, 1.165) is 16.5 Å². The molecule has 0 aliphatic rings. The fraction of sp³-hybridized carbons (Fsp3) is 0.133. The van der Waals surface area contributed by atoms with Crippen LogP contribution in [0.25, 0.3) is 10.8 Å². The first-order chi connectivity index (χ1) is 9.74. The van der Waals surface area contributed by atoms with Crippen molar-refractivity contribution in [3.63, 3.8) is 0 Å². The SMILES string of the molecule is Cc1ncc(OCc2nccc3ccccc23)c(N)n1. The zero-order valence-electron chi connectivity index (χ0n) is 11.1. The maximum atomic E-state index is 5.80. The van der Waals surface area contributed by atoms with Gasteiger partial charge in [0.25, 0.3) is 0 Å². The summed E-state index contributed by atoms with van der Waals surface area (Å²) < 4.78 is 5.67. The Hall–Kier alpha value is -2.69. The summed E-state index contributed by atoms with van der Waals surface area (Å²) in [5.74, 6) is 1.45. The Labute approximate surface area is 116 Å². The molecule has 5 heteroatoms. The Morgan fingerprint density at radius 3 is 2.85 bits per heavy atom. The smallest absolute Gasteiger partial charge is 0.180 e. The number of rotatable bonds is 3. The van der Waals surface area contributed by atoms with Gasteiger partial charge in [-0.1, -0.05) is 24.3 Å². The molecular formula is C15H14N4O. The molecule has 0 aliphatic carbocycles. The summed E-state index contributed by atoms with van der Waals surface area (Å²) in [6, 6.07) is 10.0. The van der Waals surface area contributed by atoms with E-state index in [1.165, 1.54) is 0 Å². The van der Waals surface area contributed by atoms with E-state index in [1.807, 2.05) is 30.3 Å². The van der Waals surface area contributed by atoms with Gasteiger partial charge in [-0.05, 0) is 18.4 Å². The van der Waals surface area contributed by atoms with Crippen LogP contribution < -0.4 is 10.5 Å². The van der Waals surface area contributed by atoms with Gasteiger partial charge in [0, 0.05) is 11.6 Å². The van der Waals surface area contributed by atoms with E-state index in [0.29, 0.717) is 24.0 Å². The molecule has 3 aromatic rings. The number of pyridine rings is 1.